The lowest BCUT2D eigenvalue weighted by Crippen LogP contribution is -2.46. The van der Waals surface area contributed by atoms with Gasteiger partial charge in [-0.25, -0.2) is 9.37 Å². The summed E-state index contributed by atoms with van der Waals surface area (Å²) in [5, 5.41) is 5.13. The van der Waals surface area contributed by atoms with Gasteiger partial charge in [-0.2, -0.15) is 5.10 Å². The lowest BCUT2D eigenvalue weighted by molar-refractivity contribution is 0.122. The van der Waals surface area contributed by atoms with Gasteiger partial charge in [-0.1, -0.05) is 0 Å². The summed E-state index contributed by atoms with van der Waals surface area (Å²) in [6.07, 6.45) is 3.34. The van der Waals surface area contributed by atoms with Crippen LogP contribution in [0.3, 0.4) is 0 Å². The van der Waals surface area contributed by atoms with Crippen molar-refractivity contribution in [2.45, 2.75) is 20.0 Å². The molecule has 2 aromatic heterocycles. The zero-order chi connectivity index (χ0) is 17.2. The van der Waals surface area contributed by atoms with Gasteiger partial charge in [0.15, 0.2) is 0 Å². The van der Waals surface area contributed by atoms with Crippen molar-refractivity contribution < 1.29 is 4.39 Å². The molecule has 25 heavy (non-hydrogen) atoms. The van der Waals surface area contributed by atoms with Gasteiger partial charge in [-0.05, 0) is 30.7 Å². The Labute approximate surface area is 146 Å². The van der Waals surface area contributed by atoms with E-state index < -0.39 is 0 Å². The summed E-state index contributed by atoms with van der Waals surface area (Å²) in [4.78, 5) is 12.3. The van der Waals surface area contributed by atoms with Gasteiger partial charge in [-0.15, -0.1) is 0 Å². The van der Waals surface area contributed by atoms with Crippen molar-refractivity contribution in [3.05, 3.63) is 47.9 Å². The number of fused-ring (bicyclic) bond motifs is 1. The number of halogens is 1. The molecule has 0 spiro atoms. The second kappa shape index (κ2) is 6.93. The number of aromatic amines is 1. The van der Waals surface area contributed by atoms with Crippen LogP contribution in [0.4, 0.5) is 4.39 Å². The van der Waals surface area contributed by atoms with E-state index in [0.29, 0.717) is 0 Å². The molecule has 1 aromatic carbocycles. The lowest BCUT2D eigenvalue weighted by Gasteiger charge is -2.34. The number of aryl methyl sites for hydroxylation is 1. The van der Waals surface area contributed by atoms with Crippen LogP contribution >= 0.6 is 0 Å². The van der Waals surface area contributed by atoms with E-state index in [4.69, 9.17) is 0 Å². The Balaban J connectivity index is 1.33. The van der Waals surface area contributed by atoms with Crippen molar-refractivity contribution in [2.24, 2.45) is 0 Å². The molecule has 0 aliphatic carbocycles. The molecule has 1 N–H and O–H groups in total. The number of piperazine rings is 1. The molecule has 0 amide bonds. The average molecular weight is 342 g/mol. The molecule has 0 bridgehead atoms. The van der Waals surface area contributed by atoms with Gasteiger partial charge in [0.2, 0.25) is 0 Å². The first-order valence-corrected chi connectivity index (χ1v) is 8.73. The minimum atomic E-state index is -0.179. The summed E-state index contributed by atoms with van der Waals surface area (Å²) in [5.74, 6) is -0.179. The minimum absolute atomic E-state index is 0.179. The zero-order valence-corrected chi connectivity index (χ0v) is 14.5. The Morgan fingerprint density at radius 3 is 2.68 bits per heavy atom. The standard InChI is InChI=1S/C18H23FN6/c1-14-16-10-15(19)2-3-17(16)22-18(14)11-24-6-4-23(5-7-24)8-9-25-13-20-12-21-25/h2-3,10,12-13,22H,4-9,11H2,1H3. The molecule has 0 unspecified atom stereocenters. The maximum Gasteiger partial charge on any atom is 0.137 e. The maximum absolute atomic E-state index is 13.5. The third-order valence-electron chi connectivity index (χ3n) is 5.08. The normalized spacial score (nSPS) is 16.7. The van der Waals surface area contributed by atoms with E-state index >= 15 is 0 Å². The van der Waals surface area contributed by atoms with E-state index in [2.05, 4.69) is 31.8 Å². The van der Waals surface area contributed by atoms with Gasteiger partial charge in [-0.3, -0.25) is 14.5 Å². The van der Waals surface area contributed by atoms with Gasteiger partial charge in [0.1, 0.15) is 18.5 Å². The molecule has 132 valence electrons. The van der Waals surface area contributed by atoms with Crippen LogP contribution in [0.2, 0.25) is 0 Å². The number of nitrogens with one attached hydrogen (secondary N) is 1. The molecule has 3 heterocycles. The summed E-state index contributed by atoms with van der Waals surface area (Å²) in [7, 11) is 0. The van der Waals surface area contributed by atoms with Crippen molar-refractivity contribution >= 4 is 10.9 Å². The third-order valence-corrected chi connectivity index (χ3v) is 5.08. The van der Waals surface area contributed by atoms with E-state index in [9.17, 15) is 4.39 Å². The Morgan fingerprint density at radius 1 is 1.12 bits per heavy atom. The maximum atomic E-state index is 13.5. The summed E-state index contributed by atoms with van der Waals surface area (Å²) in [6.45, 7) is 9.04. The van der Waals surface area contributed by atoms with Crippen molar-refractivity contribution in [3.63, 3.8) is 0 Å². The van der Waals surface area contributed by atoms with E-state index in [1.165, 1.54) is 11.8 Å². The molecule has 1 fully saturated rings. The Morgan fingerprint density at radius 2 is 1.92 bits per heavy atom. The first kappa shape index (κ1) is 16.2. The zero-order valence-electron chi connectivity index (χ0n) is 14.5. The summed E-state index contributed by atoms with van der Waals surface area (Å²) < 4.78 is 15.3. The van der Waals surface area contributed by atoms with Crippen LogP contribution in [0.5, 0.6) is 0 Å². The van der Waals surface area contributed by atoms with E-state index in [1.807, 2.05) is 10.7 Å². The number of hydrogen-bond acceptors (Lipinski definition) is 4. The highest BCUT2D eigenvalue weighted by Crippen LogP contribution is 2.23. The molecule has 0 atom stereocenters. The average Bonchev–Trinajstić information content (AvgIpc) is 3.24. The molecule has 3 aromatic rings. The van der Waals surface area contributed by atoms with Crippen LogP contribution < -0.4 is 0 Å². The van der Waals surface area contributed by atoms with E-state index in [-0.39, 0.29) is 5.82 Å². The highest BCUT2D eigenvalue weighted by molar-refractivity contribution is 5.84. The van der Waals surface area contributed by atoms with E-state index in [1.54, 1.807) is 18.7 Å². The number of hydrogen-bond donors (Lipinski definition) is 1. The fourth-order valence-corrected chi connectivity index (χ4v) is 3.50. The smallest absolute Gasteiger partial charge is 0.137 e. The van der Waals surface area contributed by atoms with Crippen molar-refractivity contribution in [3.8, 4) is 0 Å². The van der Waals surface area contributed by atoms with Gasteiger partial charge < -0.3 is 4.98 Å². The molecule has 0 radical (unpaired) electrons. The molecule has 1 saturated heterocycles. The van der Waals surface area contributed by atoms with Crippen LogP contribution in [0.1, 0.15) is 11.3 Å². The molecular weight excluding hydrogens is 319 g/mol. The second-order valence-electron chi connectivity index (χ2n) is 6.69. The van der Waals surface area contributed by atoms with Crippen LogP contribution in [0.25, 0.3) is 10.9 Å². The predicted molar refractivity (Wildman–Crippen MR) is 94.7 cm³/mol. The highest BCUT2D eigenvalue weighted by Gasteiger charge is 2.18. The first-order chi connectivity index (χ1) is 12.2. The third kappa shape index (κ3) is 3.57. The Bertz CT molecular complexity index is 833. The summed E-state index contributed by atoms with van der Waals surface area (Å²) in [5.41, 5.74) is 3.36. The Hall–Kier alpha value is -2.25. The quantitative estimate of drug-likeness (QED) is 0.771. The van der Waals surface area contributed by atoms with Crippen LogP contribution in [0, 0.1) is 12.7 Å². The molecule has 1 aliphatic heterocycles. The van der Waals surface area contributed by atoms with E-state index in [0.717, 1.165) is 62.3 Å². The molecular formula is C18H23FN6. The molecule has 7 heteroatoms. The molecule has 6 nitrogen and oxygen atoms in total. The fourth-order valence-electron chi connectivity index (χ4n) is 3.50. The Kier molecular flexibility index (Phi) is 4.50. The topological polar surface area (TPSA) is 53.0 Å². The number of benzene rings is 1. The molecule has 4 rings (SSSR count). The number of aromatic nitrogens is 4. The minimum Gasteiger partial charge on any atom is -0.357 e. The van der Waals surface area contributed by atoms with Crippen molar-refractivity contribution in [1.29, 1.82) is 0 Å². The number of H-pyrrole nitrogens is 1. The first-order valence-electron chi connectivity index (χ1n) is 8.73. The van der Waals surface area contributed by atoms with Gasteiger partial charge in [0, 0.05) is 55.9 Å². The van der Waals surface area contributed by atoms with Gasteiger partial charge in [0.25, 0.3) is 0 Å². The second-order valence-corrected chi connectivity index (χ2v) is 6.69. The van der Waals surface area contributed by atoms with Gasteiger partial charge in [0.05, 0.1) is 6.54 Å². The largest absolute Gasteiger partial charge is 0.357 e. The van der Waals surface area contributed by atoms with Crippen LogP contribution in [-0.4, -0.2) is 62.3 Å². The van der Waals surface area contributed by atoms with Crippen molar-refractivity contribution in [1.82, 2.24) is 29.5 Å². The lowest BCUT2D eigenvalue weighted by atomic mass is 10.1. The van der Waals surface area contributed by atoms with Crippen molar-refractivity contribution in [2.75, 3.05) is 32.7 Å². The monoisotopic (exact) mass is 342 g/mol. The fraction of sp³-hybridized carbons (Fsp3) is 0.444. The van der Waals surface area contributed by atoms with Crippen LogP contribution in [0.15, 0.2) is 30.9 Å². The summed E-state index contributed by atoms with van der Waals surface area (Å²) in [6, 6.07) is 4.95. The highest BCUT2D eigenvalue weighted by atomic mass is 19.1. The predicted octanol–water partition coefficient (Wildman–Crippen LogP) is 2.02. The number of rotatable bonds is 5. The van der Waals surface area contributed by atoms with Gasteiger partial charge >= 0.3 is 0 Å². The van der Waals surface area contributed by atoms with Crippen LogP contribution in [-0.2, 0) is 13.1 Å². The molecule has 1 aliphatic rings. The number of nitrogens with zero attached hydrogens (tertiary/aromatic N) is 5. The SMILES string of the molecule is Cc1c(CN2CCN(CCn3cncn3)CC2)[nH]c2ccc(F)cc12. The summed E-state index contributed by atoms with van der Waals surface area (Å²) >= 11 is 0. The molecule has 0 saturated carbocycles.